The number of rotatable bonds is 3. The molecule has 1 fully saturated rings. The minimum atomic E-state index is -0.793. The molecule has 20 heavy (non-hydrogen) atoms. The Bertz CT molecular complexity index is 565. The molecule has 106 valence electrons. The standard InChI is InChI=1S/C15H16F2N2S/c16-12-4-3-11(10-13(12)17)15(14-2-1-9-20-14)19-7-5-18-6-8-19/h1-4,9-10,15,18H,5-8H2/t15-/m0/s1. The van der Waals surface area contributed by atoms with Gasteiger partial charge in [0, 0.05) is 31.1 Å². The molecule has 0 spiro atoms. The number of nitrogens with zero attached hydrogens (tertiary/aromatic N) is 1. The van der Waals surface area contributed by atoms with Crippen molar-refractivity contribution in [3.63, 3.8) is 0 Å². The fourth-order valence-corrected chi connectivity index (χ4v) is 3.51. The quantitative estimate of drug-likeness (QED) is 0.936. The summed E-state index contributed by atoms with van der Waals surface area (Å²) in [5.41, 5.74) is 0.813. The van der Waals surface area contributed by atoms with Crippen molar-refractivity contribution in [3.05, 3.63) is 57.8 Å². The lowest BCUT2D eigenvalue weighted by Gasteiger charge is -2.34. The van der Waals surface area contributed by atoms with Gasteiger partial charge < -0.3 is 5.32 Å². The maximum absolute atomic E-state index is 13.5. The van der Waals surface area contributed by atoms with Gasteiger partial charge in [0.15, 0.2) is 11.6 Å². The molecule has 2 heterocycles. The number of hydrogen-bond acceptors (Lipinski definition) is 3. The topological polar surface area (TPSA) is 15.3 Å². The van der Waals surface area contributed by atoms with E-state index in [0.717, 1.165) is 36.6 Å². The van der Waals surface area contributed by atoms with Gasteiger partial charge in [0.2, 0.25) is 0 Å². The number of halogens is 2. The third kappa shape index (κ3) is 2.75. The molecule has 2 aromatic rings. The van der Waals surface area contributed by atoms with Crippen LogP contribution in [0.15, 0.2) is 35.7 Å². The van der Waals surface area contributed by atoms with E-state index >= 15 is 0 Å². The molecule has 3 rings (SSSR count). The second-order valence-corrected chi connectivity index (χ2v) is 5.86. The van der Waals surface area contributed by atoms with E-state index in [2.05, 4.69) is 16.3 Å². The summed E-state index contributed by atoms with van der Waals surface area (Å²) in [7, 11) is 0. The first-order chi connectivity index (χ1) is 9.75. The van der Waals surface area contributed by atoms with Crippen LogP contribution in [0.1, 0.15) is 16.5 Å². The van der Waals surface area contributed by atoms with E-state index in [4.69, 9.17) is 0 Å². The first-order valence-corrected chi connectivity index (χ1v) is 7.57. The molecule has 1 aliphatic rings. The molecule has 5 heteroatoms. The minimum Gasteiger partial charge on any atom is -0.314 e. The molecule has 0 bridgehead atoms. The zero-order valence-electron chi connectivity index (χ0n) is 11.0. The molecular formula is C15H16F2N2S. The summed E-state index contributed by atoms with van der Waals surface area (Å²) in [6.07, 6.45) is 0. The Balaban J connectivity index is 1.98. The fraction of sp³-hybridized carbons (Fsp3) is 0.333. The van der Waals surface area contributed by atoms with Crippen molar-refractivity contribution in [2.24, 2.45) is 0 Å². The van der Waals surface area contributed by atoms with Crippen molar-refractivity contribution in [1.29, 1.82) is 0 Å². The first kappa shape index (κ1) is 13.7. The largest absolute Gasteiger partial charge is 0.314 e. The van der Waals surface area contributed by atoms with E-state index in [0.29, 0.717) is 0 Å². The van der Waals surface area contributed by atoms with Crippen molar-refractivity contribution in [2.75, 3.05) is 26.2 Å². The smallest absolute Gasteiger partial charge is 0.159 e. The molecule has 0 aliphatic carbocycles. The molecule has 1 aromatic heterocycles. The van der Waals surface area contributed by atoms with Gasteiger partial charge in [0.25, 0.3) is 0 Å². The summed E-state index contributed by atoms with van der Waals surface area (Å²) in [6.45, 7) is 3.65. The van der Waals surface area contributed by atoms with Crippen LogP contribution < -0.4 is 5.32 Å². The lowest BCUT2D eigenvalue weighted by molar-refractivity contribution is 0.200. The first-order valence-electron chi connectivity index (χ1n) is 6.69. The number of benzene rings is 1. The van der Waals surface area contributed by atoms with Crippen LogP contribution in [0.4, 0.5) is 8.78 Å². The average molecular weight is 294 g/mol. The van der Waals surface area contributed by atoms with Gasteiger partial charge in [-0.2, -0.15) is 0 Å². The zero-order valence-corrected chi connectivity index (χ0v) is 11.8. The van der Waals surface area contributed by atoms with Gasteiger partial charge >= 0.3 is 0 Å². The van der Waals surface area contributed by atoms with Crippen molar-refractivity contribution >= 4 is 11.3 Å². The Hall–Kier alpha value is -1.30. The predicted octanol–water partition coefficient (Wildman–Crippen LogP) is 3.02. The lowest BCUT2D eigenvalue weighted by atomic mass is 10.0. The Morgan fingerprint density at radius 3 is 2.55 bits per heavy atom. The molecule has 0 amide bonds. The monoisotopic (exact) mass is 294 g/mol. The molecule has 1 saturated heterocycles. The van der Waals surface area contributed by atoms with E-state index in [1.54, 1.807) is 17.4 Å². The predicted molar refractivity (Wildman–Crippen MR) is 77.0 cm³/mol. The highest BCUT2D eigenvalue weighted by Crippen LogP contribution is 2.32. The van der Waals surface area contributed by atoms with E-state index in [1.807, 2.05) is 11.4 Å². The maximum atomic E-state index is 13.5. The zero-order chi connectivity index (χ0) is 13.9. The van der Waals surface area contributed by atoms with Crippen LogP contribution in [-0.2, 0) is 0 Å². The number of nitrogens with one attached hydrogen (secondary N) is 1. The fourth-order valence-electron chi connectivity index (χ4n) is 2.62. The highest BCUT2D eigenvalue weighted by Gasteiger charge is 2.25. The molecule has 0 saturated carbocycles. The van der Waals surface area contributed by atoms with Crippen LogP contribution in [-0.4, -0.2) is 31.1 Å². The summed E-state index contributed by atoms with van der Waals surface area (Å²) in [6, 6.07) is 8.28. The van der Waals surface area contributed by atoms with Crippen LogP contribution in [0.5, 0.6) is 0 Å². The Morgan fingerprint density at radius 1 is 1.10 bits per heavy atom. The van der Waals surface area contributed by atoms with Crippen molar-refractivity contribution in [2.45, 2.75) is 6.04 Å². The SMILES string of the molecule is Fc1ccc([C@@H](c2cccs2)N2CCNCC2)cc1F. The Labute approximate surface area is 121 Å². The summed E-state index contributed by atoms with van der Waals surface area (Å²) in [5, 5.41) is 5.33. The van der Waals surface area contributed by atoms with E-state index in [1.165, 1.54) is 12.1 Å². The van der Waals surface area contributed by atoms with Crippen molar-refractivity contribution in [3.8, 4) is 0 Å². The van der Waals surface area contributed by atoms with E-state index in [-0.39, 0.29) is 6.04 Å². The molecule has 1 atom stereocenters. The normalized spacial score (nSPS) is 18.1. The van der Waals surface area contributed by atoms with Gasteiger partial charge in [-0.15, -0.1) is 11.3 Å². The van der Waals surface area contributed by atoms with Crippen LogP contribution in [0.25, 0.3) is 0 Å². The van der Waals surface area contributed by atoms with Crippen LogP contribution in [0, 0.1) is 11.6 Å². The molecular weight excluding hydrogens is 278 g/mol. The van der Waals surface area contributed by atoms with Crippen molar-refractivity contribution in [1.82, 2.24) is 10.2 Å². The highest BCUT2D eigenvalue weighted by molar-refractivity contribution is 7.10. The molecule has 1 aliphatic heterocycles. The second kappa shape index (κ2) is 5.99. The molecule has 0 radical (unpaired) electrons. The molecule has 1 N–H and O–H groups in total. The summed E-state index contributed by atoms with van der Waals surface area (Å²) in [4.78, 5) is 3.48. The molecule has 1 aromatic carbocycles. The van der Waals surface area contributed by atoms with Crippen LogP contribution >= 0.6 is 11.3 Å². The molecule has 0 unspecified atom stereocenters. The molecule has 2 nitrogen and oxygen atoms in total. The summed E-state index contributed by atoms with van der Waals surface area (Å²) in [5.74, 6) is -1.57. The number of thiophene rings is 1. The summed E-state index contributed by atoms with van der Waals surface area (Å²) >= 11 is 1.65. The summed E-state index contributed by atoms with van der Waals surface area (Å²) < 4.78 is 26.7. The van der Waals surface area contributed by atoms with Gasteiger partial charge in [0.05, 0.1) is 6.04 Å². The van der Waals surface area contributed by atoms with E-state index in [9.17, 15) is 8.78 Å². The van der Waals surface area contributed by atoms with Crippen LogP contribution in [0.2, 0.25) is 0 Å². The highest BCUT2D eigenvalue weighted by atomic mass is 32.1. The van der Waals surface area contributed by atoms with Gasteiger partial charge in [-0.25, -0.2) is 8.78 Å². The Kier molecular flexibility index (Phi) is 4.10. The van der Waals surface area contributed by atoms with Crippen LogP contribution in [0.3, 0.4) is 0 Å². The third-order valence-electron chi connectivity index (χ3n) is 3.59. The van der Waals surface area contributed by atoms with Gasteiger partial charge in [-0.1, -0.05) is 12.1 Å². The lowest BCUT2D eigenvalue weighted by Crippen LogP contribution is -2.45. The second-order valence-electron chi connectivity index (χ2n) is 4.88. The number of hydrogen-bond donors (Lipinski definition) is 1. The maximum Gasteiger partial charge on any atom is 0.159 e. The number of piperazine rings is 1. The average Bonchev–Trinajstić information content (AvgIpc) is 2.98. The van der Waals surface area contributed by atoms with Crippen molar-refractivity contribution < 1.29 is 8.78 Å². The van der Waals surface area contributed by atoms with E-state index < -0.39 is 11.6 Å². The van der Waals surface area contributed by atoms with Gasteiger partial charge in [-0.3, -0.25) is 4.90 Å². The van der Waals surface area contributed by atoms with Gasteiger partial charge in [-0.05, 0) is 29.1 Å². The third-order valence-corrected chi connectivity index (χ3v) is 4.51. The minimum absolute atomic E-state index is 0.00667. The van der Waals surface area contributed by atoms with Gasteiger partial charge in [0.1, 0.15) is 0 Å². The Morgan fingerprint density at radius 2 is 1.90 bits per heavy atom.